The van der Waals surface area contributed by atoms with Gasteiger partial charge in [-0.3, -0.25) is 9.59 Å². The Hall–Kier alpha value is -1.64. The molecule has 0 N–H and O–H groups in total. The SMILES string of the molecule is CCC(=O)c1ccccc1COC(C)=O. The van der Waals surface area contributed by atoms with Crippen molar-refractivity contribution in [3.63, 3.8) is 0 Å². The maximum atomic E-state index is 11.5. The third-order valence-electron chi connectivity index (χ3n) is 2.07. The number of carbonyl (C=O) groups excluding carboxylic acids is 2. The second kappa shape index (κ2) is 5.29. The Morgan fingerprint density at radius 1 is 1.27 bits per heavy atom. The number of benzene rings is 1. The van der Waals surface area contributed by atoms with E-state index < -0.39 is 0 Å². The van der Waals surface area contributed by atoms with Gasteiger partial charge in [0.25, 0.3) is 0 Å². The average Bonchev–Trinajstić information content (AvgIpc) is 2.25. The highest BCUT2D eigenvalue weighted by Crippen LogP contribution is 2.12. The van der Waals surface area contributed by atoms with Crippen LogP contribution in [-0.2, 0) is 16.1 Å². The van der Waals surface area contributed by atoms with E-state index in [1.165, 1.54) is 6.92 Å². The summed E-state index contributed by atoms with van der Waals surface area (Å²) in [7, 11) is 0. The van der Waals surface area contributed by atoms with Gasteiger partial charge < -0.3 is 4.74 Å². The Morgan fingerprint density at radius 3 is 2.53 bits per heavy atom. The maximum absolute atomic E-state index is 11.5. The maximum Gasteiger partial charge on any atom is 0.302 e. The normalized spacial score (nSPS) is 9.73. The molecule has 1 aromatic rings. The van der Waals surface area contributed by atoms with Crippen LogP contribution in [0.3, 0.4) is 0 Å². The average molecular weight is 206 g/mol. The van der Waals surface area contributed by atoms with Crippen LogP contribution in [0.2, 0.25) is 0 Å². The van der Waals surface area contributed by atoms with Crippen molar-refractivity contribution in [2.24, 2.45) is 0 Å². The number of ether oxygens (including phenoxy) is 1. The van der Waals surface area contributed by atoms with Crippen LogP contribution in [0.15, 0.2) is 24.3 Å². The summed E-state index contributed by atoms with van der Waals surface area (Å²) in [6.07, 6.45) is 0.455. The Morgan fingerprint density at radius 2 is 1.93 bits per heavy atom. The van der Waals surface area contributed by atoms with E-state index in [-0.39, 0.29) is 18.4 Å². The lowest BCUT2D eigenvalue weighted by Crippen LogP contribution is -2.05. The van der Waals surface area contributed by atoms with Crippen molar-refractivity contribution in [2.45, 2.75) is 26.9 Å². The van der Waals surface area contributed by atoms with E-state index in [2.05, 4.69) is 0 Å². The van der Waals surface area contributed by atoms with Crippen LogP contribution in [0.25, 0.3) is 0 Å². The van der Waals surface area contributed by atoms with Crippen molar-refractivity contribution in [1.82, 2.24) is 0 Å². The topological polar surface area (TPSA) is 43.4 Å². The lowest BCUT2D eigenvalue weighted by molar-refractivity contribution is -0.142. The zero-order valence-corrected chi connectivity index (χ0v) is 8.95. The van der Waals surface area contributed by atoms with Crippen LogP contribution in [-0.4, -0.2) is 11.8 Å². The highest BCUT2D eigenvalue weighted by atomic mass is 16.5. The number of hydrogen-bond donors (Lipinski definition) is 0. The summed E-state index contributed by atoms with van der Waals surface area (Å²) in [6.45, 7) is 3.33. The molecule has 15 heavy (non-hydrogen) atoms. The molecular weight excluding hydrogens is 192 g/mol. The summed E-state index contributed by atoms with van der Waals surface area (Å²) >= 11 is 0. The second-order valence-corrected chi connectivity index (χ2v) is 3.21. The van der Waals surface area contributed by atoms with Gasteiger partial charge >= 0.3 is 5.97 Å². The van der Waals surface area contributed by atoms with E-state index >= 15 is 0 Å². The predicted molar refractivity (Wildman–Crippen MR) is 56.5 cm³/mol. The van der Waals surface area contributed by atoms with E-state index in [0.29, 0.717) is 12.0 Å². The first kappa shape index (κ1) is 11.4. The number of hydrogen-bond acceptors (Lipinski definition) is 3. The molecule has 1 rings (SSSR count). The highest BCUT2D eigenvalue weighted by Gasteiger charge is 2.09. The van der Waals surface area contributed by atoms with Gasteiger partial charge in [0.2, 0.25) is 0 Å². The number of esters is 1. The molecule has 80 valence electrons. The first-order chi connectivity index (χ1) is 7.15. The smallest absolute Gasteiger partial charge is 0.302 e. The van der Waals surface area contributed by atoms with Gasteiger partial charge in [-0.2, -0.15) is 0 Å². The molecular formula is C12H14O3. The molecule has 0 radical (unpaired) electrons. The van der Waals surface area contributed by atoms with Crippen molar-refractivity contribution in [3.8, 4) is 0 Å². The van der Waals surface area contributed by atoms with Crippen LogP contribution in [0.4, 0.5) is 0 Å². The summed E-state index contributed by atoms with van der Waals surface area (Å²) in [5.41, 5.74) is 1.40. The fourth-order valence-electron chi connectivity index (χ4n) is 1.29. The standard InChI is InChI=1S/C12H14O3/c1-3-12(14)11-7-5-4-6-10(11)8-15-9(2)13/h4-7H,3,8H2,1-2H3. The van der Waals surface area contributed by atoms with Gasteiger partial charge in [0, 0.05) is 24.5 Å². The summed E-state index contributed by atoms with van der Waals surface area (Å²) in [5, 5.41) is 0. The Kier molecular flexibility index (Phi) is 4.03. The van der Waals surface area contributed by atoms with Crippen molar-refractivity contribution in [2.75, 3.05) is 0 Å². The molecule has 0 aliphatic heterocycles. The molecule has 3 nitrogen and oxygen atoms in total. The number of Topliss-reactive ketones (excluding diaryl/α,β-unsaturated/α-hetero) is 1. The molecule has 0 aliphatic carbocycles. The number of ketones is 1. The molecule has 0 spiro atoms. The Bertz CT molecular complexity index is 369. The molecule has 0 aliphatic rings. The highest BCUT2D eigenvalue weighted by molar-refractivity contribution is 5.97. The molecule has 0 saturated heterocycles. The summed E-state index contributed by atoms with van der Waals surface area (Å²) in [6, 6.07) is 7.18. The molecule has 3 heteroatoms. The van der Waals surface area contributed by atoms with Crippen molar-refractivity contribution < 1.29 is 14.3 Å². The second-order valence-electron chi connectivity index (χ2n) is 3.21. The Balaban J connectivity index is 2.86. The van der Waals surface area contributed by atoms with Crippen LogP contribution < -0.4 is 0 Å². The monoisotopic (exact) mass is 206 g/mol. The Labute approximate surface area is 89.1 Å². The molecule has 0 aromatic heterocycles. The van der Waals surface area contributed by atoms with Gasteiger partial charge in [-0.1, -0.05) is 31.2 Å². The summed E-state index contributed by atoms with van der Waals surface area (Å²) in [5.74, 6) is -0.272. The zero-order valence-electron chi connectivity index (χ0n) is 8.95. The summed E-state index contributed by atoms with van der Waals surface area (Å²) in [4.78, 5) is 22.2. The first-order valence-electron chi connectivity index (χ1n) is 4.89. The number of carbonyl (C=O) groups is 2. The van der Waals surface area contributed by atoms with Gasteiger partial charge in [-0.05, 0) is 0 Å². The molecule has 0 heterocycles. The quantitative estimate of drug-likeness (QED) is 0.561. The van der Waals surface area contributed by atoms with E-state index in [0.717, 1.165) is 5.56 Å². The lowest BCUT2D eigenvalue weighted by atomic mass is 10.0. The van der Waals surface area contributed by atoms with Crippen LogP contribution >= 0.6 is 0 Å². The van der Waals surface area contributed by atoms with Crippen molar-refractivity contribution >= 4 is 11.8 Å². The zero-order chi connectivity index (χ0) is 11.3. The van der Waals surface area contributed by atoms with Gasteiger partial charge in [0.1, 0.15) is 6.61 Å². The third-order valence-corrected chi connectivity index (χ3v) is 2.07. The largest absolute Gasteiger partial charge is 0.461 e. The minimum Gasteiger partial charge on any atom is -0.461 e. The van der Waals surface area contributed by atoms with Gasteiger partial charge in [0.15, 0.2) is 5.78 Å². The van der Waals surface area contributed by atoms with E-state index in [1.54, 1.807) is 18.2 Å². The van der Waals surface area contributed by atoms with Gasteiger partial charge in [-0.25, -0.2) is 0 Å². The molecule has 0 bridgehead atoms. The molecule has 0 fully saturated rings. The molecule has 0 amide bonds. The van der Waals surface area contributed by atoms with Crippen molar-refractivity contribution in [1.29, 1.82) is 0 Å². The lowest BCUT2D eigenvalue weighted by Gasteiger charge is -2.07. The fourth-order valence-corrected chi connectivity index (χ4v) is 1.29. The predicted octanol–water partition coefficient (Wildman–Crippen LogP) is 2.34. The van der Waals surface area contributed by atoms with Gasteiger partial charge in [-0.15, -0.1) is 0 Å². The van der Waals surface area contributed by atoms with Crippen LogP contribution in [0.1, 0.15) is 36.2 Å². The molecule has 0 unspecified atom stereocenters. The fraction of sp³-hybridized carbons (Fsp3) is 0.333. The van der Waals surface area contributed by atoms with Crippen LogP contribution in [0.5, 0.6) is 0 Å². The van der Waals surface area contributed by atoms with Crippen LogP contribution in [0, 0.1) is 0 Å². The minimum atomic E-state index is -0.339. The first-order valence-corrected chi connectivity index (χ1v) is 4.89. The molecule has 0 saturated carbocycles. The molecule has 0 atom stereocenters. The molecule has 1 aromatic carbocycles. The number of rotatable bonds is 4. The van der Waals surface area contributed by atoms with E-state index in [9.17, 15) is 9.59 Å². The van der Waals surface area contributed by atoms with Crippen molar-refractivity contribution in [3.05, 3.63) is 35.4 Å². The minimum absolute atomic E-state index is 0.0674. The third kappa shape index (κ3) is 3.20. The van der Waals surface area contributed by atoms with E-state index in [1.807, 2.05) is 13.0 Å². The summed E-state index contributed by atoms with van der Waals surface area (Å²) < 4.78 is 4.87. The van der Waals surface area contributed by atoms with Gasteiger partial charge in [0.05, 0.1) is 0 Å². The van der Waals surface area contributed by atoms with E-state index in [4.69, 9.17) is 4.74 Å².